The Morgan fingerprint density at radius 1 is 1.08 bits per heavy atom. The van der Waals surface area contributed by atoms with Crippen molar-refractivity contribution in [1.82, 2.24) is 4.31 Å². The number of nitrogens with zero attached hydrogens (tertiary/aromatic N) is 1. The molecule has 2 aromatic rings. The van der Waals surface area contributed by atoms with E-state index in [-0.39, 0.29) is 11.4 Å². The van der Waals surface area contributed by atoms with E-state index in [2.05, 4.69) is 5.32 Å². The highest BCUT2D eigenvalue weighted by Crippen LogP contribution is 2.27. The summed E-state index contributed by atoms with van der Waals surface area (Å²) in [5.74, 6) is -0.832. The summed E-state index contributed by atoms with van der Waals surface area (Å²) in [7, 11) is -3.82. The topological polar surface area (TPSA) is 66.5 Å². The number of hydrogen-bond acceptors (Lipinski definition) is 3. The van der Waals surface area contributed by atoms with Gasteiger partial charge in [0.2, 0.25) is 15.9 Å². The van der Waals surface area contributed by atoms with E-state index in [0.29, 0.717) is 23.6 Å². The van der Waals surface area contributed by atoms with Crippen LogP contribution in [0.2, 0.25) is 5.02 Å². The number of rotatable bonds is 4. The van der Waals surface area contributed by atoms with Gasteiger partial charge >= 0.3 is 0 Å². The second-order valence-corrected chi connectivity index (χ2v) is 8.40. The molecule has 26 heavy (non-hydrogen) atoms. The predicted octanol–water partition coefficient (Wildman–Crippen LogP) is 3.66. The van der Waals surface area contributed by atoms with E-state index in [0.717, 1.165) is 6.42 Å². The molecule has 1 aliphatic rings. The molecule has 5 nitrogen and oxygen atoms in total. The maximum absolute atomic E-state index is 13.0. The zero-order valence-electron chi connectivity index (χ0n) is 13.9. The number of sulfonamides is 1. The van der Waals surface area contributed by atoms with Crippen LogP contribution in [0.3, 0.4) is 0 Å². The molecule has 1 unspecified atom stereocenters. The Labute approximate surface area is 156 Å². The summed E-state index contributed by atoms with van der Waals surface area (Å²) in [6, 6.07) is 10.4. The van der Waals surface area contributed by atoms with Gasteiger partial charge in [-0.05, 0) is 61.4 Å². The van der Waals surface area contributed by atoms with Gasteiger partial charge in [-0.2, -0.15) is 4.31 Å². The molecule has 1 amide bonds. The second-order valence-electron chi connectivity index (χ2n) is 6.08. The van der Waals surface area contributed by atoms with Crippen molar-refractivity contribution in [2.75, 3.05) is 11.9 Å². The minimum absolute atomic E-state index is 0.100. The molecule has 0 aliphatic carbocycles. The lowest BCUT2D eigenvalue weighted by atomic mass is 10.0. The summed E-state index contributed by atoms with van der Waals surface area (Å²) in [5.41, 5.74) is 0.422. The van der Waals surface area contributed by atoms with Crippen molar-refractivity contribution in [2.24, 2.45) is 0 Å². The molecular formula is C18H18ClFN2O3S. The molecule has 0 saturated carbocycles. The first-order chi connectivity index (χ1) is 12.4. The highest BCUT2D eigenvalue weighted by molar-refractivity contribution is 7.89. The summed E-state index contributed by atoms with van der Waals surface area (Å²) >= 11 is 5.83. The van der Waals surface area contributed by atoms with Gasteiger partial charge in [-0.25, -0.2) is 12.8 Å². The number of hydrogen-bond donors (Lipinski definition) is 1. The van der Waals surface area contributed by atoms with Crippen molar-refractivity contribution in [1.29, 1.82) is 0 Å². The number of amides is 1. The van der Waals surface area contributed by atoms with E-state index in [4.69, 9.17) is 11.6 Å². The van der Waals surface area contributed by atoms with Crippen molar-refractivity contribution < 1.29 is 17.6 Å². The van der Waals surface area contributed by atoms with Crippen molar-refractivity contribution >= 4 is 33.2 Å². The third-order valence-corrected chi connectivity index (χ3v) is 6.46. The molecule has 0 bridgehead atoms. The lowest BCUT2D eigenvalue weighted by Crippen LogP contribution is -2.49. The Bertz CT molecular complexity index is 886. The van der Waals surface area contributed by atoms with Crippen LogP contribution >= 0.6 is 11.6 Å². The van der Waals surface area contributed by atoms with Gasteiger partial charge in [0.25, 0.3) is 0 Å². The van der Waals surface area contributed by atoms with Crippen molar-refractivity contribution in [2.45, 2.75) is 30.2 Å². The monoisotopic (exact) mass is 396 g/mol. The normalized spacial score (nSPS) is 18.5. The Hall–Kier alpha value is -1.96. The largest absolute Gasteiger partial charge is 0.325 e. The van der Waals surface area contributed by atoms with Crippen LogP contribution in [0, 0.1) is 5.82 Å². The highest BCUT2D eigenvalue weighted by atomic mass is 35.5. The fourth-order valence-electron chi connectivity index (χ4n) is 2.96. The van der Waals surface area contributed by atoms with E-state index >= 15 is 0 Å². The molecule has 3 rings (SSSR count). The summed E-state index contributed by atoms with van der Waals surface area (Å²) in [5, 5.41) is 3.11. The van der Waals surface area contributed by atoms with E-state index in [1.165, 1.54) is 52.8 Å². The molecule has 8 heteroatoms. The first kappa shape index (κ1) is 18.8. The van der Waals surface area contributed by atoms with Crippen LogP contribution in [-0.4, -0.2) is 31.2 Å². The van der Waals surface area contributed by atoms with Gasteiger partial charge in [-0.1, -0.05) is 18.0 Å². The minimum atomic E-state index is -3.82. The quantitative estimate of drug-likeness (QED) is 0.857. The number of carbonyl (C=O) groups is 1. The SMILES string of the molecule is O=C(Nc1ccc(F)cc1)C1CCCCN1S(=O)(=O)c1ccc(Cl)cc1. The molecule has 0 aromatic heterocycles. The smallest absolute Gasteiger partial charge is 0.243 e. The lowest BCUT2D eigenvalue weighted by Gasteiger charge is -2.33. The summed E-state index contributed by atoms with van der Waals surface area (Å²) in [4.78, 5) is 12.8. The zero-order chi connectivity index (χ0) is 18.7. The highest BCUT2D eigenvalue weighted by Gasteiger charge is 2.37. The molecule has 1 saturated heterocycles. The molecular weight excluding hydrogens is 379 g/mol. The van der Waals surface area contributed by atoms with E-state index in [9.17, 15) is 17.6 Å². The predicted molar refractivity (Wildman–Crippen MR) is 98.0 cm³/mol. The number of carbonyl (C=O) groups excluding carboxylic acids is 1. The standard InChI is InChI=1S/C18H18ClFN2O3S/c19-13-4-10-16(11-5-13)26(24,25)22-12-2-1-3-17(22)18(23)21-15-8-6-14(20)7-9-15/h4-11,17H,1-3,12H2,(H,21,23). The Morgan fingerprint density at radius 3 is 2.38 bits per heavy atom. The van der Waals surface area contributed by atoms with Crippen molar-refractivity contribution in [3.05, 3.63) is 59.4 Å². The van der Waals surface area contributed by atoms with Crippen molar-refractivity contribution in [3.63, 3.8) is 0 Å². The first-order valence-corrected chi connectivity index (χ1v) is 10.0. The van der Waals surface area contributed by atoms with Gasteiger partial charge in [0.1, 0.15) is 11.9 Å². The molecule has 1 atom stereocenters. The van der Waals surface area contributed by atoms with Gasteiger partial charge < -0.3 is 5.32 Å². The average Bonchev–Trinajstić information content (AvgIpc) is 2.64. The fourth-order valence-corrected chi connectivity index (χ4v) is 4.74. The van der Waals surface area contributed by atoms with Crippen LogP contribution in [0.15, 0.2) is 53.4 Å². The number of benzene rings is 2. The third kappa shape index (κ3) is 4.06. The summed E-state index contributed by atoms with van der Waals surface area (Å²) in [6.45, 7) is 0.270. The third-order valence-electron chi connectivity index (χ3n) is 4.29. The molecule has 1 fully saturated rings. The molecule has 2 aromatic carbocycles. The lowest BCUT2D eigenvalue weighted by molar-refractivity contribution is -0.120. The number of nitrogens with one attached hydrogen (secondary N) is 1. The summed E-state index contributed by atoms with van der Waals surface area (Å²) < 4.78 is 40.2. The number of anilines is 1. The molecule has 0 radical (unpaired) electrons. The zero-order valence-corrected chi connectivity index (χ0v) is 15.4. The van der Waals surface area contributed by atoms with Crippen LogP contribution in [0.25, 0.3) is 0 Å². The average molecular weight is 397 g/mol. The van der Waals surface area contributed by atoms with Gasteiger partial charge in [-0.3, -0.25) is 4.79 Å². The molecule has 1 aliphatic heterocycles. The van der Waals surface area contributed by atoms with Gasteiger partial charge in [-0.15, -0.1) is 0 Å². The van der Waals surface area contributed by atoms with Crippen molar-refractivity contribution in [3.8, 4) is 0 Å². The van der Waals surface area contributed by atoms with E-state index in [1.54, 1.807) is 0 Å². The Kier molecular flexibility index (Phi) is 5.60. The summed E-state index contributed by atoms with van der Waals surface area (Å²) in [6.07, 6.45) is 1.88. The van der Waals surface area contributed by atoms with Crippen LogP contribution in [0.5, 0.6) is 0 Å². The number of halogens is 2. The maximum atomic E-state index is 13.0. The van der Waals surface area contributed by atoms with Crippen LogP contribution in [0.1, 0.15) is 19.3 Å². The van der Waals surface area contributed by atoms with Crippen LogP contribution < -0.4 is 5.32 Å². The van der Waals surface area contributed by atoms with Crippen LogP contribution in [-0.2, 0) is 14.8 Å². The molecule has 1 heterocycles. The number of piperidine rings is 1. The molecule has 138 valence electrons. The van der Waals surface area contributed by atoms with Gasteiger partial charge in [0, 0.05) is 17.3 Å². The minimum Gasteiger partial charge on any atom is -0.325 e. The Morgan fingerprint density at radius 2 is 1.73 bits per heavy atom. The fraction of sp³-hybridized carbons (Fsp3) is 0.278. The van der Waals surface area contributed by atoms with Gasteiger partial charge in [0.05, 0.1) is 4.90 Å². The Balaban J connectivity index is 1.83. The van der Waals surface area contributed by atoms with E-state index in [1.807, 2.05) is 0 Å². The second kappa shape index (κ2) is 7.73. The molecule has 0 spiro atoms. The van der Waals surface area contributed by atoms with Crippen LogP contribution in [0.4, 0.5) is 10.1 Å². The maximum Gasteiger partial charge on any atom is 0.243 e. The van der Waals surface area contributed by atoms with Gasteiger partial charge in [0.15, 0.2) is 0 Å². The molecule has 1 N–H and O–H groups in total. The first-order valence-electron chi connectivity index (χ1n) is 8.22. The van der Waals surface area contributed by atoms with E-state index < -0.39 is 27.8 Å².